The van der Waals surface area contributed by atoms with Crippen LogP contribution in [-0.4, -0.2) is 121 Å². The standard InChI is InChI=1S/C19H32N12O7.H2O4S/c20-3-9-14(34)28-10(5-26-19(23)38)15(35)31-12(8-1-2-24-18(22)30-8)17(37)25-4-7(21)13(33)29-11(6-32)16(36)27-9;1-5(2,3)4/h5,7-9,11-12,32H,1-4,6,20-21H2,(H,25,37)(H,27,36)(H,28,34)(H,29,33)(H,31,35)(H3,22,24,30)(H3,23,26,38);(H2,1,2,3,4)/b10-5-;/t7-,8+,9?,11?,12?;/m0./s1. The van der Waals surface area contributed by atoms with Gasteiger partial charge in [0.05, 0.1) is 12.6 Å². The number of aliphatic hydroxyl groups excluding tert-OH is 1. The van der Waals surface area contributed by atoms with Gasteiger partial charge in [-0.15, -0.1) is 0 Å². The van der Waals surface area contributed by atoms with E-state index in [0.29, 0.717) is 0 Å². The van der Waals surface area contributed by atoms with E-state index in [1.807, 2.05) is 5.32 Å². The fraction of sp³-hybridized carbons (Fsp3) is 0.526. The van der Waals surface area contributed by atoms with Crippen molar-refractivity contribution in [3.8, 4) is 0 Å². The Morgan fingerprint density at radius 2 is 1.60 bits per heavy atom. The lowest BCUT2D eigenvalue weighted by atomic mass is 10.0. The largest absolute Gasteiger partial charge is 0.394 e. The van der Waals surface area contributed by atoms with Gasteiger partial charge < -0.3 is 65.3 Å². The predicted octanol–water partition coefficient (Wildman–Crippen LogP) is -8.50. The Morgan fingerprint density at radius 3 is 2.14 bits per heavy atom. The van der Waals surface area contributed by atoms with Crippen LogP contribution in [0.25, 0.3) is 0 Å². The van der Waals surface area contributed by atoms with Crippen LogP contribution in [0.1, 0.15) is 6.42 Å². The number of urea groups is 1. The molecule has 2 heterocycles. The maximum Gasteiger partial charge on any atom is 0.394 e. The number of aliphatic imine (C=N–C) groups is 1. The van der Waals surface area contributed by atoms with Crippen molar-refractivity contribution in [2.24, 2.45) is 27.9 Å². The molecule has 24 heteroatoms. The molecular formula is C19H34N12O11S. The van der Waals surface area contributed by atoms with E-state index in [9.17, 15) is 33.9 Å². The Morgan fingerprint density at radius 1 is 1.00 bits per heavy atom. The average Bonchev–Trinajstić information content (AvgIpc) is 2.91. The fourth-order valence-corrected chi connectivity index (χ4v) is 3.36. The first-order chi connectivity index (χ1) is 20.0. The minimum atomic E-state index is -4.67. The maximum atomic E-state index is 13.1. The summed E-state index contributed by atoms with van der Waals surface area (Å²) in [5, 5.41) is 25.9. The molecule has 2 rings (SSSR count). The van der Waals surface area contributed by atoms with E-state index in [1.54, 1.807) is 0 Å². The molecule has 242 valence electrons. The lowest BCUT2D eigenvalue weighted by molar-refractivity contribution is -0.133. The molecule has 43 heavy (non-hydrogen) atoms. The quantitative estimate of drug-likeness (QED) is 0.100. The molecule has 0 aromatic carbocycles. The van der Waals surface area contributed by atoms with Gasteiger partial charge in [-0.25, -0.2) is 4.79 Å². The second-order valence-corrected chi connectivity index (χ2v) is 9.55. The lowest BCUT2D eigenvalue weighted by Crippen LogP contribution is -2.64. The highest BCUT2D eigenvalue weighted by atomic mass is 32.3. The van der Waals surface area contributed by atoms with Crippen LogP contribution in [0.15, 0.2) is 16.9 Å². The molecule has 23 nitrogen and oxygen atoms in total. The van der Waals surface area contributed by atoms with Crippen molar-refractivity contribution in [3.05, 3.63) is 11.9 Å². The van der Waals surface area contributed by atoms with Crippen LogP contribution in [0.2, 0.25) is 0 Å². The molecule has 0 radical (unpaired) electrons. The molecule has 0 spiro atoms. The molecule has 0 saturated carbocycles. The zero-order valence-corrected chi connectivity index (χ0v) is 23.1. The van der Waals surface area contributed by atoms with Crippen molar-refractivity contribution < 1.29 is 51.4 Å². The molecular weight excluding hydrogens is 604 g/mol. The van der Waals surface area contributed by atoms with Crippen molar-refractivity contribution >= 4 is 51.9 Å². The van der Waals surface area contributed by atoms with Gasteiger partial charge in [-0.2, -0.15) is 8.42 Å². The van der Waals surface area contributed by atoms with Crippen LogP contribution in [0.5, 0.6) is 0 Å². The van der Waals surface area contributed by atoms with Gasteiger partial charge in [-0.3, -0.25) is 38.1 Å². The summed E-state index contributed by atoms with van der Waals surface area (Å²) in [7, 11) is -4.67. The Kier molecular flexibility index (Phi) is 14.2. The van der Waals surface area contributed by atoms with Gasteiger partial charge in [-0.05, 0) is 6.42 Å². The Balaban J connectivity index is 0.00000170. The smallest absolute Gasteiger partial charge is 0.394 e. The Bertz CT molecular complexity index is 1230. The summed E-state index contributed by atoms with van der Waals surface area (Å²) in [6, 6.07) is -7.50. The van der Waals surface area contributed by atoms with Crippen LogP contribution < -0.4 is 60.2 Å². The van der Waals surface area contributed by atoms with Crippen molar-refractivity contribution in [3.63, 3.8) is 0 Å². The first kappa shape index (κ1) is 36.4. The molecule has 3 unspecified atom stereocenters. The summed E-state index contributed by atoms with van der Waals surface area (Å²) in [6.45, 7) is -1.50. The van der Waals surface area contributed by atoms with Gasteiger partial charge in [0.1, 0.15) is 29.9 Å². The zero-order chi connectivity index (χ0) is 32.9. The van der Waals surface area contributed by atoms with Crippen LogP contribution in [0.4, 0.5) is 4.79 Å². The van der Waals surface area contributed by atoms with Gasteiger partial charge >= 0.3 is 16.4 Å². The topological polar surface area (TPSA) is 398 Å². The van der Waals surface area contributed by atoms with E-state index in [0.717, 1.165) is 6.20 Å². The number of primary amides is 1. The molecule has 18 N–H and O–H groups in total. The first-order valence-corrected chi connectivity index (χ1v) is 13.5. The maximum absolute atomic E-state index is 13.1. The van der Waals surface area contributed by atoms with Gasteiger partial charge in [0.25, 0.3) is 5.91 Å². The summed E-state index contributed by atoms with van der Waals surface area (Å²) in [4.78, 5) is 79.2. The number of nitrogens with zero attached hydrogens (tertiary/aromatic N) is 1. The van der Waals surface area contributed by atoms with Crippen molar-refractivity contribution in [1.82, 2.24) is 37.2 Å². The Labute approximate surface area is 243 Å². The number of rotatable bonds is 4. The molecule has 5 atom stereocenters. The minimum Gasteiger partial charge on any atom is -0.394 e. The zero-order valence-electron chi connectivity index (χ0n) is 22.3. The molecule has 2 aliphatic heterocycles. The molecule has 0 aliphatic carbocycles. The molecule has 2 aliphatic rings. The predicted molar refractivity (Wildman–Crippen MR) is 144 cm³/mol. The van der Waals surface area contributed by atoms with Crippen LogP contribution in [-0.2, 0) is 34.4 Å². The minimum absolute atomic E-state index is 0.0163. The van der Waals surface area contributed by atoms with Crippen molar-refractivity contribution in [2.75, 3.05) is 26.2 Å². The van der Waals surface area contributed by atoms with Gasteiger partial charge in [0.2, 0.25) is 23.6 Å². The molecule has 7 amide bonds. The summed E-state index contributed by atoms with van der Waals surface area (Å²) in [5.74, 6) is -4.69. The number of carbonyl (C=O) groups excluding carboxylic acids is 6. The molecule has 0 bridgehead atoms. The molecule has 1 saturated heterocycles. The number of hydrogen-bond donors (Lipinski definition) is 14. The van der Waals surface area contributed by atoms with Gasteiger partial charge in [0.15, 0.2) is 5.96 Å². The third-order valence-corrected chi connectivity index (χ3v) is 5.41. The first-order valence-electron chi connectivity index (χ1n) is 12.1. The summed E-state index contributed by atoms with van der Waals surface area (Å²) < 4.78 is 31.6. The number of carbonyl (C=O) groups is 6. The second-order valence-electron chi connectivity index (χ2n) is 8.65. The van der Waals surface area contributed by atoms with Gasteiger partial charge in [0, 0.05) is 25.8 Å². The lowest BCUT2D eigenvalue weighted by Gasteiger charge is -2.31. The van der Waals surface area contributed by atoms with E-state index in [-0.39, 0.29) is 18.9 Å². The number of nitrogens with two attached hydrogens (primary N) is 4. The van der Waals surface area contributed by atoms with Gasteiger partial charge in [-0.1, -0.05) is 0 Å². The summed E-state index contributed by atoms with van der Waals surface area (Å²) in [6.07, 6.45) is 1.04. The highest BCUT2D eigenvalue weighted by molar-refractivity contribution is 7.79. The van der Waals surface area contributed by atoms with E-state index in [4.69, 9.17) is 40.5 Å². The third kappa shape index (κ3) is 13.3. The summed E-state index contributed by atoms with van der Waals surface area (Å²) in [5.41, 5.74) is 21.6. The van der Waals surface area contributed by atoms with Crippen LogP contribution in [0.3, 0.4) is 0 Å². The number of nitrogens with one attached hydrogen (secondary N) is 7. The fourth-order valence-electron chi connectivity index (χ4n) is 3.36. The monoisotopic (exact) mass is 638 g/mol. The van der Waals surface area contributed by atoms with E-state index in [2.05, 4.69) is 36.9 Å². The third-order valence-electron chi connectivity index (χ3n) is 5.41. The molecule has 0 aromatic rings. The average molecular weight is 639 g/mol. The highest BCUT2D eigenvalue weighted by Gasteiger charge is 2.34. The number of amides is 7. The van der Waals surface area contributed by atoms with Crippen molar-refractivity contribution in [2.45, 2.75) is 36.6 Å². The van der Waals surface area contributed by atoms with Crippen molar-refractivity contribution in [1.29, 1.82) is 0 Å². The van der Waals surface area contributed by atoms with E-state index in [1.165, 1.54) is 0 Å². The highest BCUT2D eigenvalue weighted by Crippen LogP contribution is 2.06. The van der Waals surface area contributed by atoms with Crippen LogP contribution in [0, 0.1) is 0 Å². The van der Waals surface area contributed by atoms with Crippen LogP contribution >= 0.6 is 0 Å². The normalized spacial score (nSPS) is 27.0. The number of aliphatic hydroxyl groups is 1. The molecule has 1 fully saturated rings. The number of guanidine groups is 1. The van der Waals surface area contributed by atoms with E-state index >= 15 is 0 Å². The Hall–Kier alpha value is -4.62. The second kappa shape index (κ2) is 16.7. The summed E-state index contributed by atoms with van der Waals surface area (Å²) >= 11 is 0. The SMILES string of the molecule is NCC1NC(=O)C(CO)NC(=O)[C@@H](N)CNC(=O)C([C@H]2CCN=C(N)N2)NC(=O)/C(=C/NC(N)=O)NC1=O.O=S(=O)(O)O. The van der Waals surface area contributed by atoms with E-state index < -0.39 is 102 Å². The number of hydrogen-bond acceptors (Lipinski definition) is 14. The molecule has 0 aromatic heterocycles.